The highest BCUT2D eigenvalue weighted by molar-refractivity contribution is 9.10. The second-order valence-electron chi connectivity index (χ2n) is 4.91. The number of anilines is 1. The molecule has 0 saturated heterocycles. The molecule has 2 aromatic heterocycles. The fraction of sp³-hybridized carbons (Fsp3) is 0.267. The molecule has 0 aliphatic heterocycles. The molecule has 5 nitrogen and oxygen atoms in total. The molecule has 0 saturated carbocycles. The van der Waals surface area contributed by atoms with Crippen LogP contribution in [0.5, 0.6) is 0 Å². The number of aryl methyl sites for hydroxylation is 1. The molecule has 0 aliphatic rings. The van der Waals surface area contributed by atoms with E-state index in [1.165, 1.54) is 11.9 Å². The average molecular weight is 346 g/mol. The summed E-state index contributed by atoms with van der Waals surface area (Å²) in [6.45, 7) is 4.12. The monoisotopic (exact) mass is 345 g/mol. The van der Waals surface area contributed by atoms with Crippen molar-refractivity contribution in [2.75, 3.05) is 5.32 Å². The first-order chi connectivity index (χ1) is 10.2. The number of nitrogens with zero attached hydrogens (tertiary/aromatic N) is 4. The molecular weight excluding hydrogens is 330 g/mol. The van der Waals surface area contributed by atoms with E-state index in [2.05, 4.69) is 67.5 Å². The van der Waals surface area contributed by atoms with Gasteiger partial charge in [0.2, 0.25) is 0 Å². The van der Waals surface area contributed by atoms with Crippen LogP contribution in [-0.2, 0) is 0 Å². The van der Waals surface area contributed by atoms with Crippen molar-refractivity contribution in [3.63, 3.8) is 0 Å². The molecule has 0 fully saturated rings. The first kappa shape index (κ1) is 14.0. The van der Waals surface area contributed by atoms with Crippen molar-refractivity contribution in [2.24, 2.45) is 0 Å². The van der Waals surface area contributed by atoms with E-state index in [0.717, 1.165) is 22.4 Å². The summed E-state index contributed by atoms with van der Waals surface area (Å²) in [5.41, 5.74) is 2.16. The Morgan fingerprint density at radius 1 is 1.29 bits per heavy atom. The first-order valence-electron chi connectivity index (χ1n) is 6.86. The molecule has 1 atom stereocenters. The Kier molecular flexibility index (Phi) is 3.88. The zero-order chi connectivity index (χ0) is 14.8. The van der Waals surface area contributed by atoms with E-state index < -0.39 is 0 Å². The van der Waals surface area contributed by atoms with Crippen molar-refractivity contribution in [3.8, 4) is 0 Å². The Balaban J connectivity index is 1.95. The average Bonchev–Trinajstić information content (AvgIpc) is 2.94. The van der Waals surface area contributed by atoms with Crippen LogP contribution in [0.2, 0.25) is 0 Å². The SMILES string of the molecule is CC[C@H](Nc1cc(C)nc2ncnn12)c1ccc(Br)cc1. The molecule has 0 spiro atoms. The van der Waals surface area contributed by atoms with Crippen LogP contribution in [-0.4, -0.2) is 19.6 Å². The van der Waals surface area contributed by atoms with Gasteiger partial charge in [-0.05, 0) is 31.0 Å². The summed E-state index contributed by atoms with van der Waals surface area (Å²) in [4.78, 5) is 8.51. The van der Waals surface area contributed by atoms with Crippen LogP contribution in [0.15, 0.2) is 41.1 Å². The van der Waals surface area contributed by atoms with Gasteiger partial charge in [0.05, 0.1) is 6.04 Å². The van der Waals surface area contributed by atoms with Crippen LogP contribution in [0.4, 0.5) is 5.82 Å². The van der Waals surface area contributed by atoms with Gasteiger partial charge in [-0.15, -0.1) is 0 Å². The number of nitrogens with one attached hydrogen (secondary N) is 1. The molecule has 0 radical (unpaired) electrons. The van der Waals surface area contributed by atoms with Gasteiger partial charge < -0.3 is 5.32 Å². The lowest BCUT2D eigenvalue weighted by molar-refractivity contribution is 0.734. The summed E-state index contributed by atoms with van der Waals surface area (Å²) in [6, 6.07) is 10.6. The fourth-order valence-corrected chi connectivity index (χ4v) is 2.59. The van der Waals surface area contributed by atoms with Crippen molar-refractivity contribution >= 4 is 27.5 Å². The standard InChI is InChI=1S/C15H16BrN5/c1-3-13(11-4-6-12(16)7-5-11)20-14-8-10(2)19-15-17-9-18-21(14)15/h4-9,13,20H,3H2,1-2H3/t13-/m0/s1. The summed E-state index contributed by atoms with van der Waals surface area (Å²) >= 11 is 3.47. The Bertz CT molecular complexity index is 750. The highest BCUT2D eigenvalue weighted by Gasteiger charge is 2.12. The van der Waals surface area contributed by atoms with E-state index >= 15 is 0 Å². The van der Waals surface area contributed by atoms with E-state index in [-0.39, 0.29) is 6.04 Å². The normalized spacial score (nSPS) is 12.5. The van der Waals surface area contributed by atoms with Gasteiger partial charge in [-0.2, -0.15) is 14.6 Å². The van der Waals surface area contributed by atoms with Gasteiger partial charge in [0.15, 0.2) is 0 Å². The van der Waals surface area contributed by atoms with Crippen LogP contribution in [0, 0.1) is 6.92 Å². The summed E-state index contributed by atoms with van der Waals surface area (Å²) in [6.07, 6.45) is 2.49. The quantitative estimate of drug-likeness (QED) is 0.782. The van der Waals surface area contributed by atoms with E-state index in [9.17, 15) is 0 Å². The smallest absolute Gasteiger partial charge is 0.254 e. The Labute approximate surface area is 131 Å². The van der Waals surface area contributed by atoms with Crippen LogP contribution < -0.4 is 5.32 Å². The summed E-state index contributed by atoms with van der Waals surface area (Å²) in [7, 11) is 0. The topological polar surface area (TPSA) is 55.1 Å². The number of fused-ring (bicyclic) bond motifs is 1. The fourth-order valence-electron chi connectivity index (χ4n) is 2.33. The maximum Gasteiger partial charge on any atom is 0.254 e. The molecule has 2 heterocycles. The van der Waals surface area contributed by atoms with Crippen molar-refractivity contribution in [2.45, 2.75) is 26.3 Å². The molecular formula is C15H16BrN5. The van der Waals surface area contributed by atoms with Gasteiger partial charge in [0.25, 0.3) is 5.78 Å². The van der Waals surface area contributed by atoms with Crippen molar-refractivity contribution < 1.29 is 0 Å². The first-order valence-corrected chi connectivity index (χ1v) is 7.66. The number of hydrogen-bond donors (Lipinski definition) is 1. The lowest BCUT2D eigenvalue weighted by Gasteiger charge is -2.19. The van der Waals surface area contributed by atoms with E-state index in [1.54, 1.807) is 4.52 Å². The Morgan fingerprint density at radius 3 is 2.76 bits per heavy atom. The molecule has 21 heavy (non-hydrogen) atoms. The largest absolute Gasteiger partial charge is 0.363 e. The zero-order valence-corrected chi connectivity index (χ0v) is 13.5. The summed E-state index contributed by atoms with van der Waals surface area (Å²) in [5.74, 6) is 1.52. The van der Waals surface area contributed by atoms with Gasteiger partial charge >= 0.3 is 0 Å². The third kappa shape index (κ3) is 2.90. The van der Waals surface area contributed by atoms with Crippen molar-refractivity contribution in [3.05, 3.63) is 52.4 Å². The van der Waals surface area contributed by atoms with E-state index in [1.807, 2.05) is 13.0 Å². The predicted octanol–water partition coefficient (Wildman–Crippen LogP) is 3.76. The minimum atomic E-state index is 0.215. The van der Waals surface area contributed by atoms with Crippen LogP contribution in [0.1, 0.15) is 30.6 Å². The number of hydrogen-bond acceptors (Lipinski definition) is 4. The van der Waals surface area contributed by atoms with Crippen molar-refractivity contribution in [1.82, 2.24) is 19.6 Å². The maximum absolute atomic E-state index is 4.36. The minimum Gasteiger partial charge on any atom is -0.363 e. The van der Waals surface area contributed by atoms with E-state index in [4.69, 9.17) is 0 Å². The molecule has 0 bridgehead atoms. The molecule has 6 heteroatoms. The van der Waals surface area contributed by atoms with Crippen LogP contribution in [0.3, 0.4) is 0 Å². The van der Waals surface area contributed by atoms with Gasteiger partial charge in [0, 0.05) is 16.2 Å². The third-order valence-corrected chi connectivity index (χ3v) is 3.91. The Morgan fingerprint density at radius 2 is 2.05 bits per heavy atom. The molecule has 0 amide bonds. The van der Waals surface area contributed by atoms with Gasteiger partial charge in [-0.25, -0.2) is 4.98 Å². The lowest BCUT2D eigenvalue weighted by Crippen LogP contribution is -2.13. The number of rotatable bonds is 4. The maximum atomic E-state index is 4.36. The lowest BCUT2D eigenvalue weighted by atomic mass is 10.0. The second kappa shape index (κ2) is 5.81. The zero-order valence-electron chi connectivity index (χ0n) is 11.9. The van der Waals surface area contributed by atoms with Gasteiger partial charge in [-0.1, -0.05) is 35.0 Å². The molecule has 0 unspecified atom stereocenters. The van der Waals surface area contributed by atoms with E-state index in [0.29, 0.717) is 5.78 Å². The molecule has 3 aromatic rings. The summed E-state index contributed by atoms with van der Waals surface area (Å²) < 4.78 is 2.81. The molecule has 0 aliphatic carbocycles. The highest BCUT2D eigenvalue weighted by atomic mass is 79.9. The van der Waals surface area contributed by atoms with Crippen molar-refractivity contribution in [1.29, 1.82) is 0 Å². The molecule has 3 rings (SSSR count). The predicted molar refractivity (Wildman–Crippen MR) is 86.3 cm³/mol. The van der Waals surface area contributed by atoms with Gasteiger partial charge in [0.1, 0.15) is 12.1 Å². The molecule has 1 aromatic carbocycles. The number of aromatic nitrogens is 4. The molecule has 108 valence electrons. The molecule has 1 N–H and O–H groups in total. The minimum absolute atomic E-state index is 0.215. The number of benzene rings is 1. The third-order valence-electron chi connectivity index (χ3n) is 3.38. The van der Waals surface area contributed by atoms with Crippen LogP contribution >= 0.6 is 15.9 Å². The van der Waals surface area contributed by atoms with Gasteiger partial charge in [-0.3, -0.25) is 0 Å². The van der Waals surface area contributed by atoms with Crippen LogP contribution in [0.25, 0.3) is 5.78 Å². The highest BCUT2D eigenvalue weighted by Crippen LogP contribution is 2.24. The second-order valence-corrected chi connectivity index (χ2v) is 5.83. The Hall–Kier alpha value is -1.95. The number of halogens is 1. The summed E-state index contributed by atoms with van der Waals surface area (Å²) in [5, 5.41) is 7.77.